The number of ketones is 1. The summed E-state index contributed by atoms with van der Waals surface area (Å²) in [7, 11) is 3.95. The minimum atomic E-state index is 0.0403. The molecule has 1 aromatic heterocycles. The highest BCUT2D eigenvalue weighted by Crippen LogP contribution is 2.40. The number of ether oxygens (including phenoxy) is 1. The van der Waals surface area contributed by atoms with Gasteiger partial charge in [-0.3, -0.25) is 4.79 Å². The topological polar surface area (TPSA) is 29.5 Å². The van der Waals surface area contributed by atoms with Gasteiger partial charge in [-0.2, -0.15) is 0 Å². The van der Waals surface area contributed by atoms with Gasteiger partial charge in [0.2, 0.25) is 0 Å². The summed E-state index contributed by atoms with van der Waals surface area (Å²) in [6.45, 7) is 2.51. The van der Waals surface area contributed by atoms with Crippen LogP contribution in [0, 0.1) is 6.92 Å². The lowest BCUT2D eigenvalue weighted by Crippen LogP contribution is -2.12. The maximum atomic E-state index is 13.4. The molecule has 0 unspecified atom stereocenters. The zero-order chi connectivity index (χ0) is 21.3. The SMILES string of the molecule is Cc1cc(C(=O)c2c(N(C)C)sc3cc(OCc4ccccc4)ccc23)ccc1Br. The lowest BCUT2D eigenvalue weighted by atomic mass is 10.00. The van der Waals surface area contributed by atoms with Crippen molar-refractivity contribution in [3.05, 3.63) is 93.5 Å². The monoisotopic (exact) mass is 479 g/mol. The molecule has 0 atom stereocenters. The van der Waals surface area contributed by atoms with Crippen LogP contribution in [0.3, 0.4) is 0 Å². The molecule has 0 aliphatic rings. The van der Waals surface area contributed by atoms with Crippen LogP contribution in [0.2, 0.25) is 0 Å². The smallest absolute Gasteiger partial charge is 0.196 e. The molecule has 0 fully saturated rings. The Labute approximate surface area is 189 Å². The molecule has 0 bridgehead atoms. The predicted octanol–water partition coefficient (Wildman–Crippen LogP) is 6.85. The van der Waals surface area contributed by atoms with E-state index in [9.17, 15) is 4.79 Å². The van der Waals surface area contributed by atoms with Gasteiger partial charge in [0.1, 0.15) is 17.4 Å². The van der Waals surface area contributed by atoms with Gasteiger partial charge in [0, 0.05) is 34.2 Å². The fourth-order valence-corrected chi connectivity index (χ4v) is 4.76. The molecule has 0 aliphatic carbocycles. The first-order chi connectivity index (χ1) is 14.4. The molecule has 4 rings (SSSR count). The molecular weight excluding hydrogens is 458 g/mol. The molecule has 0 radical (unpaired) electrons. The van der Waals surface area contributed by atoms with Gasteiger partial charge >= 0.3 is 0 Å². The fraction of sp³-hybridized carbons (Fsp3) is 0.160. The van der Waals surface area contributed by atoms with Crippen molar-refractivity contribution in [3.8, 4) is 5.75 Å². The van der Waals surface area contributed by atoms with E-state index in [0.29, 0.717) is 12.2 Å². The number of nitrogens with zero attached hydrogens (tertiary/aromatic N) is 1. The van der Waals surface area contributed by atoms with E-state index < -0.39 is 0 Å². The maximum Gasteiger partial charge on any atom is 0.196 e. The summed E-state index contributed by atoms with van der Waals surface area (Å²) in [6.07, 6.45) is 0. The number of anilines is 1. The Morgan fingerprint density at radius 1 is 1.03 bits per heavy atom. The zero-order valence-electron chi connectivity index (χ0n) is 17.1. The number of rotatable bonds is 6. The van der Waals surface area contributed by atoms with Crippen LogP contribution in [0.15, 0.2) is 71.2 Å². The Kier molecular flexibility index (Phi) is 5.93. The van der Waals surface area contributed by atoms with E-state index in [4.69, 9.17) is 4.74 Å². The minimum absolute atomic E-state index is 0.0403. The van der Waals surface area contributed by atoms with Gasteiger partial charge in [-0.05, 0) is 54.4 Å². The second-order valence-electron chi connectivity index (χ2n) is 7.40. The Hall–Kier alpha value is -2.63. The second kappa shape index (κ2) is 8.62. The molecule has 152 valence electrons. The lowest BCUT2D eigenvalue weighted by molar-refractivity contribution is 0.104. The molecule has 3 nitrogen and oxygen atoms in total. The summed E-state index contributed by atoms with van der Waals surface area (Å²) < 4.78 is 8.03. The molecule has 30 heavy (non-hydrogen) atoms. The summed E-state index contributed by atoms with van der Waals surface area (Å²) in [6, 6.07) is 21.8. The second-order valence-corrected chi connectivity index (χ2v) is 9.29. The summed E-state index contributed by atoms with van der Waals surface area (Å²) in [5.74, 6) is 0.842. The molecule has 0 saturated heterocycles. The van der Waals surface area contributed by atoms with Gasteiger partial charge in [0.05, 0.1) is 5.56 Å². The third-order valence-corrected chi connectivity index (χ3v) is 7.15. The van der Waals surface area contributed by atoms with Crippen molar-refractivity contribution in [2.45, 2.75) is 13.5 Å². The summed E-state index contributed by atoms with van der Waals surface area (Å²) >= 11 is 5.13. The van der Waals surface area contributed by atoms with E-state index in [1.165, 1.54) is 0 Å². The maximum absolute atomic E-state index is 13.4. The van der Waals surface area contributed by atoms with Crippen molar-refractivity contribution < 1.29 is 9.53 Å². The number of halogens is 1. The Morgan fingerprint density at radius 2 is 1.80 bits per heavy atom. The first kappa shape index (κ1) is 20.6. The van der Waals surface area contributed by atoms with Crippen LogP contribution in [0.5, 0.6) is 5.75 Å². The standard InChI is InChI=1S/C25H22BrNO2S/c1-16-13-18(9-12-21(16)26)24(28)23-20-11-10-19(14-22(20)30-25(23)27(2)3)29-15-17-7-5-4-6-8-17/h4-14H,15H2,1-3H3. The normalized spacial score (nSPS) is 10.9. The number of carbonyl (C=O) groups is 1. The van der Waals surface area contributed by atoms with Crippen LogP contribution in [-0.2, 0) is 6.61 Å². The third kappa shape index (κ3) is 4.13. The molecular formula is C25H22BrNO2S. The molecule has 0 N–H and O–H groups in total. The summed E-state index contributed by atoms with van der Waals surface area (Å²) in [5.41, 5.74) is 3.61. The summed E-state index contributed by atoms with van der Waals surface area (Å²) in [5, 5.41) is 1.91. The molecule has 0 spiro atoms. The number of carbonyl (C=O) groups excluding carboxylic acids is 1. The van der Waals surface area contributed by atoms with E-state index in [0.717, 1.165) is 42.0 Å². The number of hydrogen-bond donors (Lipinski definition) is 0. The van der Waals surface area contributed by atoms with Crippen LogP contribution in [0.25, 0.3) is 10.1 Å². The van der Waals surface area contributed by atoms with Crippen molar-refractivity contribution in [2.24, 2.45) is 0 Å². The van der Waals surface area contributed by atoms with E-state index in [-0.39, 0.29) is 5.78 Å². The van der Waals surface area contributed by atoms with Crippen molar-refractivity contribution >= 4 is 48.1 Å². The number of aryl methyl sites for hydroxylation is 1. The molecule has 4 aromatic rings. The molecule has 5 heteroatoms. The van der Waals surface area contributed by atoms with Crippen LogP contribution < -0.4 is 9.64 Å². The molecule has 3 aromatic carbocycles. The molecule has 0 saturated carbocycles. The van der Waals surface area contributed by atoms with E-state index in [1.807, 2.05) is 92.6 Å². The fourth-order valence-electron chi connectivity index (χ4n) is 3.36. The highest BCUT2D eigenvalue weighted by Gasteiger charge is 2.22. The van der Waals surface area contributed by atoms with Gasteiger partial charge < -0.3 is 9.64 Å². The van der Waals surface area contributed by atoms with Crippen molar-refractivity contribution in [1.29, 1.82) is 0 Å². The van der Waals surface area contributed by atoms with E-state index in [1.54, 1.807) is 11.3 Å². The van der Waals surface area contributed by atoms with Gasteiger partial charge in [-0.25, -0.2) is 0 Å². The van der Waals surface area contributed by atoms with E-state index in [2.05, 4.69) is 15.9 Å². The quantitative estimate of drug-likeness (QED) is 0.283. The Morgan fingerprint density at radius 3 is 2.50 bits per heavy atom. The number of benzene rings is 3. The molecule has 0 amide bonds. The van der Waals surface area contributed by atoms with Crippen molar-refractivity contribution in [1.82, 2.24) is 0 Å². The number of hydrogen-bond acceptors (Lipinski definition) is 4. The molecule has 1 heterocycles. The molecule has 0 aliphatic heterocycles. The van der Waals surface area contributed by atoms with Gasteiger partial charge in [0.25, 0.3) is 0 Å². The minimum Gasteiger partial charge on any atom is -0.489 e. The third-order valence-electron chi connectivity index (χ3n) is 4.94. The van der Waals surface area contributed by atoms with Crippen molar-refractivity contribution in [3.63, 3.8) is 0 Å². The zero-order valence-corrected chi connectivity index (χ0v) is 19.5. The Bertz CT molecular complexity index is 1210. The first-order valence-electron chi connectivity index (χ1n) is 9.65. The van der Waals surface area contributed by atoms with Crippen LogP contribution in [0.4, 0.5) is 5.00 Å². The highest BCUT2D eigenvalue weighted by molar-refractivity contribution is 9.10. The first-order valence-corrected chi connectivity index (χ1v) is 11.3. The van der Waals surface area contributed by atoms with Gasteiger partial charge in [-0.1, -0.05) is 46.3 Å². The predicted molar refractivity (Wildman–Crippen MR) is 129 cm³/mol. The largest absolute Gasteiger partial charge is 0.489 e. The Balaban J connectivity index is 1.71. The van der Waals surface area contributed by atoms with Crippen LogP contribution in [-0.4, -0.2) is 19.9 Å². The van der Waals surface area contributed by atoms with Crippen LogP contribution in [0.1, 0.15) is 27.0 Å². The highest BCUT2D eigenvalue weighted by atomic mass is 79.9. The number of thiophene rings is 1. The average molecular weight is 480 g/mol. The average Bonchev–Trinajstić information content (AvgIpc) is 3.13. The number of fused-ring (bicyclic) bond motifs is 1. The van der Waals surface area contributed by atoms with Crippen molar-refractivity contribution in [2.75, 3.05) is 19.0 Å². The summed E-state index contributed by atoms with van der Waals surface area (Å²) in [4.78, 5) is 15.4. The lowest BCUT2D eigenvalue weighted by Gasteiger charge is -2.13. The van der Waals surface area contributed by atoms with Crippen LogP contribution >= 0.6 is 27.3 Å². The van der Waals surface area contributed by atoms with E-state index >= 15 is 0 Å². The van der Waals surface area contributed by atoms with Gasteiger partial charge in [-0.15, -0.1) is 11.3 Å². The van der Waals surface area contributed by atoms with Gasteiger partial charge in [0.15, 0.2) is 5.78 Å².